The third-order valence-corrected chi connectivity index (χ3v) is 7.46. The maximum Gasteiger partial charge on any atom is 0.411 e. The van der Waals surface area contributed by atoms with Crippen LogP contribution in [0.25, 0.3) is 0 Å². The van der Waals surface area contributed by atoms with Gasteiger partial charge in [0.05, 0.1) is 16.0 Å². The van der Waals surface area contributed by atoms with Crippen molar-refractivity contribution in [2.45, 2.75) is 51.5 Å². The zero-order valence-corrected chi connectivity index (χ0v) is 24.5. The highest BCUT2D eigenvalue weighted by Gasteiger charge is 2.33. The molecule has 0 aliphatic heterocycles. The average molecular weight is 586 g/mol. The van der Waals surface area contributed by atoms with E-state index in [0.717, 1.165) is 17.8 Å². The first-order valence-corrected chi connectivity index (χ1v) is 15.5. The second kappa shape index (κ2) is 15.7. The summed E-state index contributed by atoms with van der Waals surface area (Å²) in [7, 11) is -5.08. The van der Waals surface area contributed by atoms with E-state index in [9.17, 15) is 33.4 Å². The summed E-state index contributed by atoms with van der Waals surface area (Å²) in [5.74, 6) is 0. The highest BCUT2D eigenvalue weighted by molar-refractivity contribution is 7.99. The number of nitro benzene ring substituents is 2. The number of carbonyl (C=O) groups excluding carboxylic acids is 1. The second-order valence-corrected chi connectivity index (χ2v) is 12.1. The van der Waals surface area contributed by atoms with Crippen LogP contribution in [0.15, 0.2) is 51.1 Å². The topological polar surface area (TPSA) is 174 Å². The van der Waals surface area contributed by atoms with E-state index in [-0.39, 0.29) is 11.8 Å². The molecule has 0 atom stereocenters. The molecule has 0 bridgehead atoms. The van der Waals surface area contributed by atoms with Crippen LogP contribution in [0.2, 0.25) is 0 Å². The Morgan fingerprint density at radius 2 is 1.51 bits per heavy atom. The zero-order chi connectivity index (χ0) is 29.8. The first-order valence-electron chi connectivity index (χ1n) is 12.0. The Hall–Kier alpha value is -3.59. The number of benzene rings is 2. The Kier molecular flexibility index (Phi) is 13.5. The number of ether oxygens (including phenoxy) is 1. The number of nitrogens with zero attached hydrogens (tertiary/aromatic N) is 4. The molecular formula is C24H35N5O8S2. The van der Waals surface area contributed by atoms with Crippen LogP contribution >= 0.6 is 0 Å². The van der Waals surface area contributed by atoms with Gasteiger partial charge in [-0.15, -0.1) is 3.77 Å². The van der Waals surface area contributed by atoms with Crippen molar-refractivity contribution in [2.75, 3.05) is 35.8 Å². The van der Waals surface area contributed by atoms with Gasteiger partial charge in [0.2, 0.25) is 0 Å². The fourth-order valence-electron chi connectivity index (χ4n) is 3.33. The third-order valence-electron chi connectivity index (χ3n) is 4.65. The summed E-state index contributed by atoms with van der Waals surface area (Å²) in [4.78, 5) is 33.6. The van der Waals surface area contributed by atoms with E-state index in [0.29, 0.717) is 25.9 Å². The summed E-state index contributed by atoms with van der Waals surface area (Å²) < 4.78 is 33.1. The molecule has 0 unspecified atom stereocenters. The van der Waals surface area contributed by atoms with Gasteiger partial charge in [-0.1, -0.05) is 42.7 Å². The van der Waals surface area contributed by atoms with Gasteiger partial charge in [0.15, 0.2) is 5.69 Å². The number of carbonyl (C=O) groups is 1. The van der Waals surface area contributed by atoms with Crippen LogP contribution in [0.4, 0.5) is 27.5 Å². The first-order chi connectivity index (χ1) is 18.2. The number of nitrogens with one attached hydrogen (secondary N) is 1. The fourth-order valence-corrected chi connectivity index (χ4v) is 5.76. The number of hydrogen-bond donors (Lipinski definition) is 1. The molecule has 1 amide bonds. The van der Waals surface area contributed by atoms with E-state index in [1.54, 1.807) is 17.4 Å². The molecule has 0 radical (unpaired) electrons. The van der Waals surface area contributed by atoms with E-state index in [1.807, 2.05) is 58.0 Å². The van der Waals surface area contributed by atoms with Gasteiger partial charge in [0.25, 0.3) is 10.0 Å². The van der Waals surface area contributed by atoms with Crippen molar-refractivity contribution in [3.05, 3.63) is 62.7 Å². The molecule has 15 heteroatoms. The van der Waals surface area contributed by atoms with Crippen molar-refractivity contribution in [3.63, 3.8) is 0 Å². The van der Waals surface area contributed by atoms with Crippen LogP contribution in [0.5, 0.6) is 0 Å². The predicted molar refractivity (Wildman–Crippen MR) is 153 cm³/mol. The fraction of sp³-hybridized carbons (Fsp3) is 0.458. The van der Waals surface area contributed by atoms with Crippen LogP contribution in [0.1, 0.15) is 40.5 Å². The Morgan fingerprint density at radius 3 is 1.90 bits per heavy atom. The SMILES string of the molecule is CC(C)OC(=O)Nc1ccccc1.CCCN(CCC)c1c([N+](=O)[O-])cc(S(=O)(=O)N=S(C)C)cc1[N+](=O)[O-]. The molecule has 0 heterocycles. The van der Waals surface area contributed by atoms with Gasteiger partial charge in [0, 0.05) is 30.9 Å². The first kappa shape index (κ1) is 33.4. The molecule has 0 saturated carbocycles. The molecule has 1 N–H and O–H groups in total. The van der Waals surface area contributed by atoms with Crippen molar-refractivity contribution in [1.82, 2.24) is 0 Å². The van der Waals surface area contributed by atoms with Gasteiger partial charge in [-0.25, -0.2) is 4.79 Å². The normalized spacial score (nSPS) is 10.9. The number of sulfonamides is 1. The average Bonchev–Trinajstić information content (AvgIpc) is 2.82. The van der Waals surface area contributed by atoms with E-state index in [1.165, 1.54) is 0 Å². The highest BCUT2D eigenvalue weighted by Crippen LogP contribution is 2.40. The van der Waals surface area contributed by atoms with Crippen LogP contribution in [0.3, 0.4) is 0 Å². The molecule has 0 saturated heterocycles. The van der Waals surface area contributed by atoms with Gasteiger partial charge < -0.3 is 9.64 Å². The van der Waals surface area contributed by atoms with Crippen molar-refractivity contribution in [1.29, 1.82) is 0 Å². The molecule has 2 aromatic carbocycles. The minimum atomic E-state index is -4.23. The zero-order valence-electron chi connectivity index (χ0n) is 22.8. The van der Waals surface area contributed by atoms with Crippen LogP contribution < -0.4 is 10.2 Å². The Bertz CT molecular complexity index is 1240. The lowest BCUT2D eigenvalue weighted by molar-refractivity contribution is -0.393. The van der Waals surface area contributed by atoms with Crippen LogP contribution in [-0.4, -0.2) is 56.1 Å². The predicted octanol–water partition coefficient (Wildman–Crippen LogP) is 5.52. The number of amides is 1. The summed E-state index contributed by atoms with van der Waals surface area (Å²) in [6.07, 6.45) is 3.85. The number of hydrogen-bond acceptors (Lipinski definition) is 9. The Morgan fingerprint density at radius 1 is 1.03 bits per heavy atom. The minimum Gasteiger partial charge on any atom is -0.447 e. The summed E-state index contributed by atoms with van der Waals surface area (Å²) in [6.45, 7) is 8.07. The maximum absolute atomic E-state index is 12.3. The second-order valence-electron chi connectivity index (χ2n) is 8.58. The number of para-hydroxylation sites is 1. The summed E-state index contributed by atoms with van der Waals surface area (Å²) >= 11 is 0. The highest BCUT2D eigenvalue weighted by atomic mass is 32.3. The van der Waals surface area contributed by atoms with Gasteiger partial charge in [0.1, 0.15) is 4.90 Å². The van der Waals surface area contributed by atoms with Crippen molar-refractivity contribution in [3.8, 4) is 0 Å². The summed E-state index contributed by atoms with van der Waals surface area (Å²) in [5.41, 5.74) is -0.647. The Balaban J connectivity index is 0.000000487. The van der Waals surface area contributed by atoms with Gasteiger partial charge >= 0.3 is 17.5 Å². The molecule has 0 aromatic heterocycles. The molecule has 0 aliphatic carbocycles. The third kappa shape index (κ3) is 11.0. The van der Waals surface area contributed by atoms with Crippen LogP contribution in [0, 0.1) is 20.2 Å². The van der Waals surface area contributed by atoms with Crippen molar-refractivity contribution in [2.24, 2.45) is 3.77 Å². The van der Waals surface area contributed by atoms with Gasteiger partial charge in [-0.3, -0.25) is 25.5 Å². The lowest BCUT2D eigenvalue weighted by Crippen LogP contribution is -2.26. The molecule has 0 fully saturated rings. The van der Waals surface area contributed by atoms with Gasteiger partial charge in [-0.05, 0) is 51.3 Å². The quantitative estimate of drug-likeness (QED) is 0.263. The van der Waals surface area contributed by atoms with Crippen LogP contribution in [-0.2, 0) is 25.5 Å². The van der Waals surface area contributed by atoms with Crippen molar-refractivity contribution < 1.29 is 27.8 Å². The van der Waals surface area contributed by atoms with E-state index in [2.05, 4.69) is 9.08 Å². The molecule has 13 nitrogen and oxygen atoms in total. The van der Waals surface area contributed by atoms with E-state index >= 15 is 0 Å². The monoisotopic (exact) mass is 585 g/mol. The van der Waals surface area contributed by atoms with Gasteiger partial charge in [-0.2, -0.15) is 8.42 Å². The summed E-state index contributed by atoms with van der Waals surface area (Å²) in [5, 5.41) is 25.7. The number of nitro groups is 2. The minimum absolute atomic E-state index is 0.0938. The van der Waals surface area contributed by atoms with E-state index < -0.39 is 52.9 Å². The van der Waals surface area contributed by atoms with E-state index in [4.69, 9.17) is 4.74 Å². The molecule has 2 aromatic rings. The smallest absolute Gasteiger partial charge is 0.411 e. The van der Waals surface area contributed by atoms with Crippen molar-refractivity contribution >= 4 is 49.6 Å². The molecule has 0 spiro atoms. The number of rotatable bonds is 11. The molecule has 216 valence electrons. The number of anilines is 2. The standard InChI is InChI=1S/C14H22N4O6S2.C10H13NO2/c1-5-7-16(8-6-2)14-12(17(19)20)9-11(10-13(14)18(21)22)26(23,24)15-25(3)4;1-8(2)13-10(12)11-9-6-4-3-5-7-9/h9-10H,5-8H2,1-4H3;3-8H,1-2H3,(H,11,12). The lowest BCUT2D eigenvalue weighted by Gasteiger charge is -2.23. The largest absolute Gasteiger partial charge is 0.447 e. The molecule has 0 aliphatic rings. The molecule has 39 heavy (non-hydrogen) atoms. The molecular weight excluding hydrogens is 550 g/mol. The maximum atomic E-state index is 12.3. The Labute approximate surface area is 231 Å². The molecule has 2 rings (SSSR count). The summed E-state index contributed by atoms with van der Waals surface area (Å²) in [6, 6.07) is 10.9. The lowest BCUT2D eigenvalue weighted by atomic mass is 10.2.